The Morgan fingerprint density at radius 2 is 2.19 bits per heavy atom. The molecule has 0 saturated carbocycles. The first kappa shape index (κ1) is 14.9. The van der Waals surface area contributed by atoms with Crippen LogP contribution in [0.5, 0.6) is 0 Å². The van der Waals surface area contributed by atoms with E-state index in [9.17, 15) is 14.9 Å². The van der Waals surface area contributed by atoms with E-state index in [0.29, 0.717) is 11.4 Å². The Morgan fingerprint density at radius 1 is 1.43 bits per heavy atom. The van der Waals surface area contributed by atoms with Crippen molar-refractivity contribution in [2.45, 2.75) is 13.5 Å². The number of carbonyl (C=O) groups is 1. The predicted molar refractivity (Wildman–Crippen MR) is 74.0 cm³/mol. The van der Waals surface area contributed by atoms with Crippen molar-refractivity contribution in [1.82, 2.24) is 9.97 Å². The summed E-state index contributed by atoms with van der Waals surface area (Å²) in [5.41, 5.74) is 0.489. The third-order valence-corrected chi connectivity index (χ3v) is 2.94. The van der Waals surface area contributed by atoms with Crippen LogP contribution in [0, 0.1) is 17.0 Å². The molecule has 21 heavy (non-hydrogen) atoms. The number of esters is 1. The monoisotopic (exact) mass is 307 g/mol. The third-order valence-electron chi connectivity index (χ3n) is 2.59. The molecule has 2 rings (SSSR count). The zero-order valence-corrected chi connectivity index (χ0v) is 11.7. The van der Waals surface area contributed by atoms with Crippen molar-refractivity contribution in [3.05, 3.63) is 62.7 Å². The topological polar surface area (TPSA) is 95.2 Å². The van der Waals surface area contributed by atoms with Crippen LogP contribution in [0.3, 0.4) is 0 Å². The van der Waals surface area contributed by atoms with Gasteiger partial charge in [-0.2, -0.15) is 0 Å². The largest absolute Gasteiger partial charge is 0.456 e. The Bertz CT molecular complexity index is 706. The maximum atomic E-state index is 11.8. The predicted octanol–water partition coefficient (Wildman–Crippen LogP) is 2.70. The minimum absolute atomic E-state index is 0.0985. The standard InChI is InChI=1S/C13H10ClN3O4/c1-8-15-5-4-12(16-8)13(18)21-7-9-2-3-10(17(19)20)6-11(9)14/h2-6H,7H2,1H3. The highest BCUT2D eigenvalue weighted by molar-refractivity contribution is 6.31. The van der Waals surface area contributed by atoms with Gasteiger partial charge in [-0.1, -0.05) is 11.6 Å². The Morgan fingerprint density at radius 3 is 2.81 bits per heavy atom. The minimum atomic E-state index is -0.616. The molecule has 2 aromatic rings. The summed E-state index contributed by atoms with van der Waals surface area (Å²) in [6.45, 7) is 1.56. The molecule has 0 bridgehead atoms. The Balaban J connectivity index is 2.06. The van der Waals surface area contributed by atoms with Gasteiger partial charge in [0.05, 0.1) is 9.95 Å². The normalized spacial score (nSPS) is 10.2. The average Bonchev–Trinajstić information content (AvgIpc) is 2.45. The molecule has 0 N–H and O–H groups in total. The van der Waals surface area contributed by atoms with Gasteiger partial charge in [0, 0.05) is 23.9 Å². The van der Waals surface area contributed by atoms with E-state index in [0.717, 1.165) is 0 Å². The van der Waals surface area contributed by atoms with Crippen LogP contribution in [0.15, 0.2) is 30.5 Å². The Kier molecular flexibility index (Phi) is 4.44. The lowest BCUT2D eigenvalue weighted by molar-refractivity contribution is -0.384. The molecular weight excluding hydrogens is 298 g/mol. The number of halogens is 1. The van der Waals surface area contributed by atoms with Crippen LogP contribution in [0.4, 0.5) is 5.69 Å². The minimum Gasteiger partial charge on any atom is -0.456 e. The first-order chi connectivity index (χ1) is 9.97. The molecule has 0 aliphatic rings. The van der Waals surface area contributed by atoms with Crippen LogP contribution >= 0.6 is 11.6 Å². The smallest absolute Gasteiger partial charge is 0.357 e. The molecule has 0 amide bonds. The first-order valence-electron chi connectivity index (χ1n) is 5.87. The van der Waals surface area contributed by atoms with Crippen molar-refractivity contribution in [3.63, 3.8) is 0 Å². The fourth-order valence-corrected chi connectivity index (χ4v) is 1.78. The third kappa shape index (κ3) is 3.73. The summed E-state index contributed by atoms with van der Waals surface area (Å²) in [5, 5.41) is 10.8. The van der Waals surface area contributed by atoms with Gasteiger partial charge in [0.15, 0.2) is 5.69 Å². The number of aromatic nitrogens is 2. The molecule has 1 heterocycles. The molecule has 0 radical (unpaired) electrons. The molecule has 7 nitrogen and oxygen atoms in total. The van der Waals surface area contributed by atoms with Gasteiger partial charge in [0.25, 0.3) is 5.69 Å². The number of benzene rings is 1. The number of rotatable bonds is 4. The van der Waals surface area contributed by atoms with Crippen LogP contribution in [0.25, 0.3) is 0 Å². The second kappa shape index (κ2) is 6.27. The van der Waals surface area contributed by atoms with E-state index in [1.165, 1.54) is 30.5 Å². The van der Waals surface area contributed by atoms with Gasteiger partial charge >= 0.3 is 5.97 Å². The molecular formula is C13H10ClN3O4. The van der Waals surface area contributed by atoms with Gasteiger partial charge in [0.2, 0.25) is 0 Å². The highest BCUT2D eigenvalue weighted by Crippen LogP contribution is 2.23. The van der Waals surface area contributed by atoms with Gasteiger partial charge in [0.1, 0.15) is 12.4 Å². The SMILES string of the molecule is Cc1nccc(C(=O)OCc2ccc([N+](=O)[O-])cc2Cl)n1. The lowest BCUT2D eigenvalue weighted by Gasteiger charge is -2.06. The highest BCUT2D eigenvalue weighted by Gasteiger charge is 2.13. The Labute approximate surface area is 124 Å². The van der Waals surface area contributed by atoms with Crippen molar-refractivity contribution in [2.75, 3.05) is 0 Å². The van der Waals surface area contributed by atoms with Crippen LogP contribution < -0.4 is 0 Å². The first-order valence-corrected chi connectivity index (χ1v) is 6.25. The van der Waals surface area contributed by atoms with Gasteiger partial charge < -0.3 is 4.74 Å². The lowest BCUT2D eigenvalue weighted by atomic mass is 10.2. The fraction of sp³-hybridized carbons (Fsp3) is 0.154. The van der Waals surface area contributed by atoms with Gasteiger partial charge in [-0.3, -0.25) is 10.1 Å². The summed E-state index contributed by atoms with van der Waals surface area (Å²) in [4.78, 5) is 29.7. The summed E-state index contributed by atoms with van der Waals surface area (Å²) in [6, 6.07) is 5.38. The average molecular weight is 308 g/mol. The number of hydrogen-bond acceptors (Lipinski definition) is 6. The van der Waals surface area contributed by atoms with Gasteiger partial charge in [-0.25, -0.2) is 14.8 Å². The molecule has 0 atom stereocenters. The van der Waals surface area contributed by atoms with Crippen molar-refractivity contribution >= 4 is 23.3 Å². The molecule has 8 heteroatoms. The molecule has 0 aliphatic carbocycles. The van der Waals surface area contributed by atoms with Crippen LogP contribution in [0.2, 0.25) is 5.02 Å². The number of hydrogen-bond donors (Lipinski definition) is 0. The number of ether oxygens (including phenoxy) is 1. The number of nitro groups is 1. The number of carbonyl (C=O) groups excluding carboxylic acids is 1. The molecule has 1 aromatic carbocycles. The molecule has 0 saturated heterocycles. The maximum absolute atomic E-state index is 11.8. The van der Waals surface area contributed by atoms with Crippen molar-refractivity contribution in [3.8, 4) is 0 Å². The second-order valence-corrected chi connectivity index (χ2v) is 4.51. The summed E-state index contributed by atoms with van der Waals surface area (Å²) in [5.74, 6) is -0.160. The van der Waals surface area contributed by atoms with Crippen molar-refractivity contribution < 1.29 is 14.5 Å². The van der Waals surface area contributed by atoms with E-state index in [4.69, 9.17) is 16.3 Å². The van der Waals surface area contributed by atoms with E-state index in [1.807, 2.05) is 0 Å². The van der Waals surface area contributed by atoms with Gasteiger partial charge in [-0.05, 0) is 19.1 Å². The summed E-state index contributed by atoms with van der Waals surface area (Å²) in [6.07, 6.45) is 1.46. The number of aryl methyl sites for hydroxylation is 1. The van der Waals surface area contributed by atoms with E-state index < -0.39 is 10.9 Å². The summed E-state index contributed by atoms with van der Waals surface area (Å²) >= 11 is 5.91. The molecule has 0 unspecified atom stereocenters. The molecule has 0 fully saturated rings. The number of nitro benzene ring substituents is 1. The molecule has 0 aliphatic heterocycles. The van der Waals surface area contributed by atoms with Crippen LogP contribution in [-0.2, 0) is 11.3 Å². The van der Waals surface area contributed by atoms with Crippen LogP contribution in [0.1, 0.15) is 21.9 Å². The zero-order chi connectivity index (χ0) is 15.4. The van der Waals surface area contributed by atoms with Crippen molar-refractivity contribution in [2.24, 2.45) is 0 Å². The zero-order valence-electron chi connectivity index (χ0n) is 10.9. The molecule has 0 spiro atoms. The molecule has 1 aromatic heterocycles. The Hall–Kier alpha value is -2.54. The van der Waals surface area contributed by atoms with E-state index >= 15 is 0 Å². The number of non-ortho nitro benzene ring substituents is 1. The number of nitrogens with zero attached hydrogens (tertiary/aromatic N) is 3. The van der Waals surface area contributed by atoms with Crippen LogP contribution in [-0.4, -0.2) is 20.9 Å². The van der Waals surface area contributed by atoms with E-state index in [1.54, 1.807) is 6.92 Å². The lowest BCUT2D eigenvalue weighted by Crippen LogP contribution is -2.09. The highest BCUT2D eigenvalue weighted by atomic mass is 35.5. The summed E-state index contributed by atoms with van der Waals surface area (Å²) in [7, 11) is 0. The maximum Gasteiger partial charge on any atom is 0.357 e. The van der Waals surface area contributed by atoms with E-state index in [2.05, 4.69) is 9.97 Å². The second-order valence-electron chi connectivity index (χ2n) is 4.10. The molecule has 108 valence electrons. The fourth-order valence-electron chi connectivity index (χ4n) is 1.55. The van der Waals surface area contributed by atoms with Gasteiger partial charge in [-0.15, -0.1) is 0 Å². The van der Waals surface area contributed by atoms with Crippen molar-refractivity contribution in [1.29, 1.82) is 0 Å². The summed E-state index contributed by atoms with van der Waals surface area (Å²) < 4.78 is 5.07. The quantitative estimate of drug-likeness (QED) is 0.489. The van der Waals surface area contributed by atoms with E-state index in [-0.39, 0.29) is 23.0 Å².